The van der Waals surface area contributed by atoms with Crippen molar-refractivity contribution in [3.05, 3.63) is 0 Å². The molecule has 0 aromatic carbocycles. The minimum Gasteiger partial charge on any atom is -0.350 e. The molecule has 0 radical (unpaired) electrons. The van der Waals surface area contributed by atoms with Gasteiger partial charge in [-0.25, -0.2) is 10.3 Å². The fraction of sp³-hybridized carbons (Fsp3) is 0.923. The van der Waals surface area contributed by atoms with Gasteiger partial charge in [0, 0.05) is 18.9 Å². The third kappa shape index (κ3) is 4.28. The summed E-state index contributed by atoms with van der Waals surface area (Å²) in [5, 5.41) is 0. The van der Waals surface area contributed by atoms with Gasteiger partial charge in [-0.1, -0.05) is 25.7 Å². The Morgan fingerprint density at radius 1 is 1.00 bits per heavy atom. The van der Waals surface area contributed by atoms with Crippen LogP contribution in [0.5, 0.6) is 0 Å². The summed E-state index contributed by atoms with van der Waals surface area (Å²) in [4.78, 5) is 17.2. The highest BCUT2D eigenvalue weighted by Crippen LogP contribution is 2.23. The fourth-order valence-electron chi connectivity index (χ4n) is 2.55. The first-order valence-corrected chi connectivity index (χ1v) is 6.93. The molecule has 1 atom stereocenters. The number of nitrogens with one attached hydrogen (secondary N) is 1. The van der Waals surface area contributed by atoms with Gasteiger partial charge in [0.25, 0.3) is 0 Å². The van der Waals surface area contributed by atoms with Crippen LogP contribution in [0.3, 0.4) is 0 Å². The summed E-state index contributed by atoms with van der Waals surface area (Å²) in [5.74, 6) is 0.183. The predicted molar refractivity (Wildman–Crippen MR) is 64.0 cm³/mol. The second-order valence-electron chi connectivity index (χ2n) is 5.07. The largest absolute Gasteiger partial charge is 0.350 e. The summed E-state index contributed by atoms with van der Waals surface area (Å²) in [6, 6.07) is 0. The smallest absolute Gasteiger partial charge is 0.246 e. The molecule has 1 aliphatic heterocycles. The summed E-state index contributed by atoms with van der Waals surface area (Å²) in [6.45, 7) is 0.740. The zero-order valence-electron chi connectivity index (χ0n) is 10.5. The maximum Gasteiger partial charge on any atom is 0.246 e. The molecule has 0 spiro atoms. The molecular weight excluding hydrogens is 218 g/mol. The minimum absolute atomic E-state index is 0.0427. The molecule has 4 nitrogen and oxygen atoms in total. The Labute approximate surface area is 103 Å². The molecule has 1 N–H and O–H groups in total. The lowest BCUT2D eigenvalue weighted by Gasteiger charge is -2.23. The number of carbonyl (C=O) groups excluding carboxylic acids is 1. The summed E-state index contributed by atoms with van der Waals surface area (Å²) >= 11 is 0. The molecule has 0 bridgehead atoms. The van der Waals surface area contributed by atoms with E-state index in [2.05, 4.69) is 5.48 Å². The third-order valence-corrected chi connectivity index (χ3v) is 3.65. The van der Waals surface area contributed by atoms with E-state index in [1.165, 1.54) is 12.8 Å². The topological polar surface area (TPSA) is 47.6 Å². The van der Waals surface area contributed by atoms with Gasteiger partial charge in [0.05, 0.1) is 0 Å². The highest BCUT2D eigenvalue weighted by molar-refractivity contribution is 5.77. The quantitative estimate of drug-likeness (QED) is 0.610. The van der Waals surface area contributed by atoms with Gasteiger partial charge in [0.2, 0.25) is 5.91 Å². The van der Waals surface area contributed by atoms with Crippen LogP contribution in [-0.4, -0.2) is 18.8 Å². The van der Waals surface area contributed by atoms with Crippen molar-refractivity contribution >= 4 is 5.91 Å². The summed E-state index contributed by atoms with van der Waals surface area (Å²) < 4.78 is 5.40. The molecule has 98 valence electrons. The van der Waals surface area contributed by atoms with Gasteiger partial charge in [0.15, 0.2) is 6.29 Å². The van der Waals surface area contributed by atoms with Crippen molar-refractivity contribution in [1.82, 2.24) is 5.48 Å². The first-order valence-electron chi connectivity index (χ1n) is 6.93. The van der Waals surface area contributed by atoms with Crippen molar-refractivity contribution in [2.24, 2.45) is 5.92 Å². The van der Waals surface area contributed by atoms with Crippen molar-refractivity contribution in [3.63, 3.8) is 0 Å². The number of hydroxylamine groups is 1. The predicted octanol–water partition coefficient (Wildman–Crippen LogP) is 2.53. The summed E-state index contributed by atoms with van der Waals surface area (Å²) in [5.41, 5.74) is 2.59. The highest BCUT2D eigenvalue weighted by atomic mass is 16.8. The van der Waals surface area contributed by atoms with E-state index in [1.54, 1.807) is 0 Å². The van der Waals surface area contributed by atoms with E-state index in [9.17, 15) is 4.79 Å². The Hall–Kier alpha value is -0.610. The van der Waals surface area contributed by atoms with Crippen LogP contribution in [0, 0.1) is 5.92 Å². The lowest BCUT2D eigenvalue weighted by Crippen LogP contribution is -2.36. The van der Waals surface area contributed by atoms with E-state index in [0.717, 1.165) is 51.6 Å². The fourth-order valence-corrected chi connectivity index (χ4v) is 2.55. The molecule has 17 heavy (non-hydrogen) atoms. The van der Waals surface area contributed by atoms with E-state index in [4.69, 9.17) is 9.57 Å². The van der Waals surface area contributed by atoms with E-state index in [-0.39, 0.29) is 18.1 Å². The number of hydrogen-bond donors (Lipinski definition) is 1. The normalized spacial score (nSPS) is 27.4. The zero-order valence-corrected chi connectivity index (χ0v) is 10.5. The molecule has 0 aromatic heterocycles. The van der Waals surface area contributed by atoms with Crippen molar-refractivity contribution in [2.75, 3.05) is 6.61 Å². The Bertz CT molecular complexity index is 231. The van der Waals surface area contributed by atoms with Gasteiger partial charge in [-0.3, -0.25) is 4.79 Å². The van der Waals surface area contributed by atoms with E-state index < -0.39 is 0 Å². The van der Waals surface area contributed by atoms with E-state index >= 15 is 0 Å². The second-order valence-corrected chi connectivity index (χ2v) is 5.07. The standard InChI is InChI=1S/C13H23NO3/c15-13(11-7-3-1-2-4-8-11)14-17-12-9-5-6-10-16-12/h11-12H,1-10H2,(H,14,15)/t12-/m0/s1. The molecule has 2 rings (SSSR count). The van der Waals surface area contributed by atoms with Crippen LogP contribution in [0.25, 0.3) is 0 Å². The molecule has 1 saturated heterocycles. The van der Waals surface area contributed by atoms with Crippen LogP contribution in [-0.2, 0) is 14.4 Å². The van der Waals surface area contributed by atoms with Crippen molar-refractivity contribution in [1.29, 1.82) is 0 Å². The zero-order chi connectivity index (χ0) is 11.9. The highest BCUT2D eigenvalue weighted by Gasteiger charge is 2.22. The molecule has 1 saturated carbocycles. The second kappa shape index (κ2) is 6.97. The van der Waals surface area contributed by atoms with Crippen molar-refractivity contribution < 1.29 is 14.4 Å². The van der Waals surface area contributed by atoms with Crippen molar-refractivity contribution in [2.45, 2.75) is 64.1 Å². The van der Waals surface area contributed by atoms with Gasteiger partial charge < -0.3 is 4.74 Å². The molecule has 1 aliphatic carbocycles. The lowest BCUT2D eigenvalue weighted by molar-refractivity contribution is -0.202. The van der Waals surface area contributed by atoms with Crippen LogP contribution in [0.2, 0.25) is 0 Å². The number of carbonyl (C=O) groups is 1. The third-order valence-electron chi connectivity index (χ3n) is 3.65. The van der Waals surface area contributed by atoms with Crippen LogP contribution >= 0.6 is 0 Å². The average Bonchev–Trinajstić information content (AvgIpc) is 2.66. The summed E-state index contributed by atoms with van der Waals surface area (Å²) in [6.07, 6.45) is 9.70. The van der Waals surface area contributed by atoms with Crippen molar-refractivity contribution in [3.8, 4) is 0 Å². The monoisotopic (exact) mass is 241 g/mol. The molecule has 2 fully saturated rings. The van der Waals surface area contributed by atoms with Gasteiger partial charge >= 0.3 is 0 Å². The molecule has 0 unspecified atom stereocenters. The average molecular weight is 241 g/mol. The first-order chi connectivity index (χ1) is 8.36. The van der Waals surface area contributed by atoms with Gasteiger partial charge in [0.1, 0.15) is 0 Å². The van der Waals surface area contributed by atoms with Gasteiger partial charge in [-0.15, -0.1) is 0 Å². The number of amides is 1. The Morgan fingerprint density at radius 3 is 2.35 bits per heavy atom. The lowest BCUT2D eigenvalue weighted by atomic mass is 10.0. The van der Waals surface area contributed by atoms with Crippen LogP contribution in [0.4, 0.5) is 0 Å². The SMILES string of the molecule is O=C(NO[C@H]1CCCCO1)C1CCCCCC1. The maximum absolute atomic E-state index is 11.9. The maximum atomic E-state index is 11.9. The Kier molecular flexibility index (Phi) is 5.26. The molecule has 1 amide bonds. The number of rotatable bonds is 3. The molecule has 2 aliphatic rings. The Balaban J connectivity index is 1.68. The van der Waals surface area contributed by atoms with Gasteiger partial charge in [-0.2, -0.15) is 0 Å². The summed E-state index contributed by atoms with van der Waals surface area (Å²) in [7, 11) is 0. The molecule has 1 heterocycles. The van der Waals surface area contributed by atoms with E-state index in [0.29, 0.717) is 0 Å². The number of ether oxygens (including phenoxy) is 1. The Morgan fingerprint density at radius 2 is 1.71 bits per heavy atom. The molecular formula is C13H23NO3. The molecule has 0 aromatic rings. The first kappa shape index (κ1) is 12.8. The molecule has 4 heteroatoms. The van der Waals surface area contributed by atoms with Crippen LogP contribution in [0.1, 0.15) is 57.8 Å². The van der Waals surface area contributed by atoms with Crippen LogP contribution < -0.4 is 5.48 Å². The van der Waals surface area contributed by atoms with E-state index in [1.807, 2.05) is 0 Å². The van der Waals surface area contributed by atoms with Gasteiger partial charge in [-0.05, 0) is 25.7 Å². The number of hydrogen-bond acceptors (Lipinski definition) is 3. The van der Waals surface area contributed by atoms with Crippen LogP contribution in [0.15, 0.2) is 0 Å². The minimum atomic E-state index is -0.238.